The molecule has 49 heavy (non-hydrogen) atoms. The van der Waals surface area contributed by atoms with Crippen molar-refractivity contribution in [3.63, 3.8) is 0 Å². The maximum atomic E-state index is 12.6. The first-order chi connectivity index (χ1) is 24.0. The summed E-state index contributed by atoms with van der Waals surface area (Å²) in [6.45, 7) is 4.06. The largest absolute Gasteiger partial charge is 0.457 e. The monoisotopic (exact) mass is 697 g/mol. The van der Waals surface area contributed by atoms with E-state index in [-0.39, 0.29) is 31.4 Å². The molecule has 1 fully saturated rings. The molecule has 0 aromatic carbocycles. The summed E-state index contributed by atoms with van der Waals surface area (Å²) in [5.41, 5.74) is 0. The lowest BCUT2D eigenvalue weighted by molar-refractivity contribution is -0.171. The third kappa shape index (κ3) is 26.3. The standard InChI is InChI=1S/C42H80O7/c1-3-5-7-9-11-13-15-17-19-21-23-25-27-29-31-33-39(45)48-38(35-43)42-41(37(44)36-47-42)49-40(46)34-32-30-28-26-24-22-20-18-16-14-12-10-8-6-4-2/h37-38,41-44H,3-36H2,1-2H3/t37-,38+,41+,42?/m0/s1. The second-order valence-electron chi connectivity index (χ2n) is 14.9. The summed E-state index contributed by atoms with van der Waals surface area (Å²) in [6, 6.07) is 0. The highest BCUT2D eigenvalue weighted by Gasteiger charge is 2.45. The molecule has 0 radical (unpaired) electrons. The number of aliphatic hydroxyl groups is 2. The number of hydrogen-bond donors (Lipinski definition) is 2. The van der Waals surface area contributed by atoms with Crippen LogP contribution in [0.25, 0.3) is 0 Å². The van der Waals surface area contributed by atoms with E-state index >= 15 is 0 Å². The predicted molar refractivity (Wildman–Crippen MR) is 202 cm³/mol. The molecular weight excluding hydrogens is 616 g/mol. The van der Waals surface area contributed by atoms with Gasteiger partial charge >= 0.3 is 11.9 Å². The third-order valence-electron chi connectivity index (χ3n) is 10.2. The zero-order valence-electron chi connectivity index (χ0n) is 32.3. The van der Waals surface area contributed by atoms with E-state index in [2.05, 4.69) is 13.8 Å². The van der Waals surface area contributed by atoms with Crippen LogP contribution < -0.4 is 0 Å². The average Bonchev–Trinajstić information content (AvgIpc) is 3.45. The lowest BCUT2D eigenvalue weighted by atomic mass is 10.0. The summed E-state index contributed by atoms with van der Waals surface area (Å²) < 4.78 is 16.8. The molecule has 0 saturated carbocycles. The van der Waals surface area contributed by atoms with Crippen molar-refractivity contribution in [2.75, 3.05) is 13.2 Å². The maximum Gasteiger partial charge on any atom is 0.306 e. The normalized spacial score (nSPS) is 18.2. The predicted octanol–water partition coefficient (Wildman–Crippen LogP) is 11.1. The molecular formula is C42H80O7. The first kappa shape index (κ1) is 45.8. The lowest BCUT2D eigenvalue weighted by Gasteiger charge is -2.27. The fourth-order valence-electron chi connectivity index (χ4n) is 7.01. The first-order valence-corrected chi connectivity index (χ1v) is 21.3. The number of rotatable bonds is 36. The number of esters is 2. The topological polar surface area (TPSA) is 102 Å². The summed E-state index contributed by atoms with van der Waals surface area (Å²) >= 11 is 0. The van der Waals surface area contributed by atoms with Crippen LogP contribution in [0.4, 0.5) is 0 Å². The first-order valence-electron chi connectivity index (χ1n) is 21.3. The highest BCUT2D eigenvalue weighted by molar-refractivity contribution is 5.70. The molecule has 2 N–H and O–H groups in total. The van der Waals surface area contributed by atoms with Crippen molar-refractivity contribution in [3.05, 3.63) is 0 Å². The van der Waals surface area contributed by atoms with E-state index in [1.807, 2.05) is 0 Å². The molecule has 1 rings (SSSR count). The smallest absolute Gasteiger partial charge is 0.306 e. The second-order valence-corrected chi connectivity index (χ2v) is 14.9. The van der Waals surface area contributed by atoms with Crippen LogP contribution in [0.3, 0.4) is 0 Å². The van der Waals surface area contributed by atoms with Gasteiger partial charge in [0.2, 0.25) is 0 Å². The van der Waals surface area contributed by atoms with Gasteiger partial charge in [0, 0.05) is 12.8 Å². The second kappa shape index (κ2) is 33.9. The molecule has 1 aliphatic heterocycles. The molecule has 0 amide bonds. The molecule has 7 heteroatoms. The fourth-order valence-corrected chi connectivity index (χ4v) is 7.01. The van der Waals surface area contributed by atoms with Gasteiger partial charge in [-0.1, -0.05) is 194 Å². The minimum atomic E-state index is -1.00. The molecule has 1 aliphatic rings. The third-order valence-corrected chi connectivity index (χ3v) is 10.2. The van der Waals surface area contributed by atoms with Gasteiger partial charge in [0.1, 0.15) is 12.2 Å². The Bertz CT molecular complexity index is 745. The molecule has 1 saturated heterocycles. The summed E-state index contributed by atoms with van der Waals surface area (Å²) in [5, 5.41) is 20.4. The van der Waals surface area contributed by atoms with Gasteiger partial charge in [0.25, 0.3) is 0 Å². The van der Waals surface area contributed by atoms with E-state index < -0.39 is 31.0 Å². The highest BCUT2D eigenvalue weighted by atomic mass is 16.6. The van der Waals surface area contributed by atoms with Crippen molar-refractivity contribution in [1.29, 1.82) is 0 Å². The number of unbranched alkanes of at least 4 members (excludes halogenated alkanes) is 28. The molecule has 0 aromatic heterocycles. The van der Waals surface area contributed by atoms with Gasteiger partial charge in [0.05, 0.1) is 13.2 Å². The van der Waals surface area contributed by atoms with Gasteiger partial charge in [0.15, 0.2) is 12.2 Å². The van der Waals surface area contributed by atoms with Crippen LogP contribution in [0.15, 0.2) is 0 Å². The summed E-state index contributed by atoms with van der Waals surface area (Å²) in [6.07, 6.45) is 34.7. The van der Waals surface area contributed by atoms with Gasteiger partial charge in [-0.25, -0.2) is 0 Å². The van der Waals surface area contributed by atoms with Gasteiger partial charge < -0.3 is 24.4 Å². The number of aliphatic hydroxyl groups excluding tert-OH is 2. The van der Waals surface area contributed by atoms with E-state index in [1.165, 1.54) is 154 Å². The van der Waals surface area contributed by atoms with Crippen LogP contribution in [-0.2, 0) is 23.8 Å². The molecule has 1 unspecified atom stereocenters. The van der Waals surface area contributed by atoms with E-state index in [0.717, 1.165) is 38.5 Å². The Labute approximate surface area is 302 Å². The van der Waals surface area contributed by atoms with Crippen LogP contribution in [0.1, 0.15) is 219 Å². The van der Waals surface area contributed by atoms with Crippen molar-refractivity contribution in [2.45, 2.75) is 244 Å². The number of hydrogen-bond acceptors (Lipinski definition) is 7. The Hall–Kier alpha value is -1.18. The van der Waals surface area contributed by atoms with E-state index in [4.69, 9.17) is 14.2 Å². The van der Waals surface area contributed by atoms with Crippen molar-refractivity contribution in [2.24, 2.45) is 0 Å². The van der Waals surface area contributed by atoms with E-state index in [0.29, 0.717) is 0 Å². The molecule has 1 heterocycles. The van der Waals surface area contributed by atoms with Gasteiger partial charge in [-0.15, -0.1) is 0 Å². The maximum absolute atomic E-state index is 12.6. The Kier molecular flexibility index (Phi) is 31.7. The van der Waals surface area contributed by atoms with E-state index in [1.54, 1.807) is 0 Å². The summed E-state index contributed by atoms with van der Waals surface area (Å²) in [7, 11) is 0. The van der Waals surface area contributed by atoms with Crippen LogP contribution in [-0.4, -0.2) is 59.8 Å². The molecule has 0 aromatic rings. The highest BCUT2D eigenvalue weighted by Crippen LogP contribution is 2.24. The lowest BCUT2D eigenvalue weighted by Crippen LogP contribution is -2.45. The summed E-state index contributed by atoms with van der Waals surface area (Å²) in [4.78, 5) is 25.1. The fraction of sp³-hybridized carbons (Fsp3) is 0.952. The molecule has 0 aliphatic carbocycles. The SMILES string of the molecule is CCCCCCCCCCCCCCCCCC(=O)O[C@H](CO)C1OC[C@H](O)[C@H]1OC(=O)CCCCCCCCCCCCCCCCC. The molecule has 7 nitrogen and oxygen atoms in total. The van der Waals surface area contributed by atoms with Crippen molar-refractivity contribution < 1.29 is 34.0 Å². The molecule has 290 valence electrons. The van der Waals surface area contributed by atoms with E-state index in [9.17, 15) is 19.8 Å². The number of ether oxygens (including phenoxy) is 3. The van der Waals surface area contributed by atoms with Gasteiger partial charge in [-0.05, 0) is 12.8 Å². The zero-order valence-corrected chi connectivity index (χ0v) is 32.3. The van der Waals surface area contributed by atoms with Crippen LogP contribution in [0.2, 0.25) is 0 Å². The van der Waals surface area contributed by atoms with Crippen molar-refractivity contribution in [1.82, 2.24) is 0 Å². The Balaban J connectivity index is 2.08. The minimum Gasteiger partial charge on any atom is -0.457 e. The van der Waals surface area contributed by atoms with Crippen LogP contribution in [0, 0.1) is 0 Å². The Morgan fingerprint density at radius 3 is 1.22 bits per heavy atom. The van der Waals surface area contributed by atoms with Crippen LogP contribution >= 0.6 is 0 Å². The number of carbonyl (C=O) groups is 2. The zero-order chi connectivity index (χ0) is 35.6. The molecule has 0 spiro atoms. The minimum absolute atomic E-state index is 0.0192. The van der Waals surface area contributed by atoms with Gasteiger partial charge in [-0.3, -0.25) is 9.59 Å². The quantitative estimate of drug-likeness (QED) is 0.0496. The van der Waals surface area contributed by atoms with Gasteiger partial charge in [-0.2, -0.15) is 0 Å². The molecule has 0 bridgehead atoms. The van der Waals surface area contributed by atoms with Crippen molar-refractivity contribution >= 4 is 11.9 Å². The molecule has 4 atom stereocenters. The van der Waals surface area contributed by atoms with Crippen LogP contribution in [0.5, 0.6) is 0 Å². The average molecular weight is 697 g/mol. The summed E-state index contributed by atoms with van der Waals surface area (Å²) in [5.74, 6) is -0.767. The Morgan fingerprint density at radius 1 is 0.551 bits per heavy atom. The Morgan fingerprint density at radius 2 is 0.878 bits per heavy atom. The number of carbonyl (C=O) groups excluding carboxylic acids is 2. The van der Waals surface area contributed by atoms with Crippen molar-refractivity contribution in [3.8, 4) is 0 Å².